The van der Waals surface area contributed by atoms with Crippen LogP contribution in [0, 0.1) is 0 Å². The molecule has 4 nitrogen and oxygen atoms in total. The molecule has 0 saturated heterocycles. The normalized spacial score (nSPS) is 16.2. The van der Waals surface area contributed by atoms with Crippen LogP contribution in [0.2, 0.25) is 0 Å². The van der Waals surface area contributed by atoms with E-state index in [0.717, 1.165) is 26.1 Å². The quantitative estimate of drug-likeness (QED) is 0.389. The van der Waals surface area contributed by atoms with E-state index in [-0.39, 0.29) is 24.0 Å². The number of hydrogen-bond acceptors (Lipinski definition) is 2. The van der Waals surface area contributed by atoms with E-state index >= 15 is 0 Å². The molecule has 0 heterocycles. The van der Waals surface area contributed by atoms with E-state index in [4.69, 9.17) is 5.73 Å². The summed E-state index contributed by atoms with van der Waals surface area (Å²) in [6.45, 7) is 7.25. The molecule has 124 valence electrons. The average molecular weight is 416 g/mol. The Morgan fingerprint density at radius 1 is 1.27 bits per heavy atom. The Morgan fingerprint density at radius 3 is 2.45 bits per heavy atom. The van der Waals surface area contributed by atoms with Crippen molar-refractivity contribution in [2.45, 2.75) is 45.2 Å². The van der Waals surface area contributed by atoms with Gasteiger partial charge in [0.25, 0.3) is 0 Å². The first-order chi connectivity index (χ1) is 10.2. The zero-order chi connectivity index (χ0) is 15.1. The highest BCUT2D eigenvalue weighted by molar-refractivity contribution is 14.0. The van der Waals surface area contributed by atoms with E-state index in [1.54, 1.807) is 0 Å². The number of hydrogen-bond donors (Lipinski definition) is 2. The van der Waals surface area contributed by atoms with Gasteiger partial charge in [0.2, 0.25) is 0 Å². The molecule has 0 aliphatic heterocycles. The molecule has 1 unspecified atom stereocenters. The van der Waals surface area contributed by atoms with Crippen molar-refractivity contribution in [2.75, 3.05) is 19.6 Å². The number of halogens is 1. The van der Waals surface area contributed by atoms with Gasteiger partial charge in [0.15, 0.2) is 5.96 Å². The summed E-state index contributed by atoms with van der Waals surface area (Å²) in [6, 6.07) is 11.6. The first-order valence-corrected chi connectivity index (χ1v) is 8.07. The Balaban J connectivity index is 0.00000242. The largest absolute Gasteiger partial charge is 0.370 e. The molecule has 0 bridgehead atoms. The van der Waals surface area contributed by atoms with Crippen LogP contribution in [-0.4, -0.2) is 42.6 Å². The lowest BCUT2D eigenvalue weighted by Gasteiger charge is -2.28. The van der Waals surface area contributed by atoms with Crippen molar-refractivity contribution < 1.29 is 0 Å². The van der Waals surface area contributed by atoms with Crippen LogP contribution < -0.4 is 11.1 Å². The Bertz CT molecular complexity index is 441. The maximum atomic E-state index is 5.96. The Hall–Kier alpha value is -0.820. The summed E-state index contributed by atoms with van der Waals surface area (Å²) in [5.74, 6) is 0.600. The van der Waals surface area contributed by atoms with Gasteiger partial charge in [-0.2, -0.15) is 0 Å². The second-order valence-electron chi connectivity index (χ2n) is 5.71. The summed E-state index contributed by atoms with van der Waals surface area (Å²) in [6.07, 6.45) is 3.46. The number of benzene rings is 1. The van der Waals surface area contributed by atoms with Gasteiger partial charge in [0.1, 0.15) is 0 Å². The van der Waals surface area contributed by atoms with Gasteiger partial charge in [-0.25, -0.2) is 0 Å². The number of nitrogens with one attached hydrogen (secondary N) is 1. The lowest BCUT2D eigenvalue weighted by atomic mass is 10.0. The molecular weight excluding hydrogens is 387 g/mol. The summed E-state index contributed by atoms with van der Waals surface area (Å²) in [7, 11) is 0. The molecule has 2 rings (SSSR count). The second-order valence-corrected chi connectivity index (χ2v) is 5.71. The highest BCUT2D eigenvalue weighted by Gasteiger charge is 2.22. The van der Waals surface area contributed by atoms with Gasteiger partial charge in [-0.15, -0.1) is 24.0 Å². The molecule has 0 radical (unpaired) electrons. The average Bonchev–Trinajstić information content (AvgIpc) is 3.31. The standard InChI is InChI=1S/C17H28N4.HI/c1-3-21(4-2)16(12-14-8-6-5-7-9-14)13-19-17(18)20-15-10-11-15;/h5-9,15-16H,3-4,10-13H2,1-2H3,(H3,18,19,20);1H. The van der Waals surface area contributed by atoms with Crippen LogP contribution in [-0.2, 0) is 6.42 Å². The molecule has 1 aromatic rings. The third-order valence-corrected chi connectivity index (χ3v) is 4.04. The van der Waals surface area contributed by atoms with E-state index in [0.29, 0.717) is 18.0 Å². The van der Waals surface area contributed by atoms with Crippen molar-refractivity contribution >= 4 is 29.9 Å². The second kappa shape index (κ2) is 10.0. The van der Waals surface area contributed by atoms with Crippen LogP contribution in [0.15, 0.2) is 35.3 Å². The Morgan fingerprint density at radius 2 is 1.91 bits per heavy atom. The fourth-order valence-corrected chi connectivity index (χ4v) is 2.62. The van der Waals surface area contributed by atoms with E-state index in [2.05, 4.69) is 59.4 Å². The van der Waals surface area contributed by atoms with Crippen LogP contribution in [0.5, 0.6) is 0 Å². The van der Waals surface area contributed by atoms with Crippen molar-refractivity contribution in [1.29, 1.82) is 0 Å². The predicted octanol–water partition coefficient (Wildman–Crippen LogP) is 2.62. The minimum absolute atomic E-state index is 0. The number of rotatable bonds is 8. The molecule has 0 amide bonds. The number of nitrogens with zero attached hydrogens (tertiary/aromatic N) is 2. The van der Waals surface area contributed by atoms with Crippen LogP contribution >= 0.6 is 24.0 Å². The monoisotopic (exact) mass is 416 g/mol. The number of aliphatic imine (C=N–C) groups is 1. The molecule has 1 atom stereocenters. The molecule has 1 fully saturated rings. The fourth-order valence-electron chi connectivity index (χ4n) is 2.62. The summed E-state index contributed by atoms with van der Waals surface area (Å²) in [4.78, 5) is 7.02. The van der Waals surface area contributed by atoms with Gasteiger partial charge >= 0.3 is 0 Å². The summed E-state index contributed by atoms with van der Waals surface area (Å²) >= 11 is 0. The van der Waals surface area contributed by atoms with Gasteiger partial charge in [0.05, 0.1) is 6.54 Å². The van der Waals surface area contributed by atoms with Crippen LogP contribution in [0.25, 0.3) is 0 Å². The highest BCUT2D eigenvalue weighted by atomic mass is 127. The third-order valence-electron chi connectivity index (χ3n) is 4.04. The fraction of sp³-hybridized carbons (Fsp3) is 0.588. The number of nitrogens with two attached hydrogens (primary N) is 1. The smallest absolute Gasteiger partial charge is 0.188 e. The van der Waals surface area contributed by atoms with Gasteiger partial charge in [-0.05, 0) is 37.9 Å². The minimum Gasteiger partial charge on any atom is -0.370 e. The van der Waals surface area contributed by atoms with E-state index in [9.17, 15) is 0 Å². The number of guanidine groups is 1. The lowest BCUT2D eigenvalue weighted by Crippen LogP contribution is -2.40. The SMILES string of the molecule is CCN(CC)C(CN=C(N)NC1CC1)Cc1ccccc1.I. The minimum atomic E-state index is 0. The lowest BCUT2D eigenvalue weighted by molar-refractivity contribution is 0.220. The summed E-state index contributed by atoms with van der Waals surface area (Å²) in [5, 5.41) is 3.26. The molecule has 5 heteroatoms. The zero-order valence-electron chi connectivity index (χ0n) is 13.7. The molecule has 1 aromatic carbocycles. The zero-order valence-corrected chi connectivity index (χ0v) is 16.0. The molecule has 1 saturated carbocycles. The van der Waals surface area contributed by atoms with Gasteiger partial charge in [-0.1, -0.05) is 44.2 Å². The topological polar surface area (TPSA) is 53.6 Å². The molecule has 0 aromatic heterocycles. The van der Waals surface area contributed by atoms with Crippen molar-refractivity contribution in [3.05, 3.63) is 35.9 Å². The van der Waals surface area contributed by atoms with Gasteiger partial charge in [0, 0.05) is 12.1 Å². The highest BCUT2D eigenvalue weighted by Crippen LogP contribution is 2.18. The number of likely N-dealkylation sites (N-methyl/N-ethyl adjacent to an activating group) is 1. The maximum Gasteiger partial charge on any atom is 0.188 e. The third kappa shape index (κ3) is 6.52. The summed E-state index contributed by atoms with van der Waals surface area (Å²) in [5.41, 5.74) is 7.32. The molecule has 1 aliphatic rings. The van der Waals surface area contributed by atoms with Gasteiger partial charge < -0.3 is 11.1 Å². The molecular formula is C17H29IN4. The Kier molecular flexibility index (Phi) is 8.78. The van der Waals surface area contributed by atoms with Crippen molar-refractivity contribution in [3.63, 3.8) is 0 Å². The van der Waals surface area contributed by atoms with Crippen LogP contribution in [0.3, 0.4) is 0 Å². The molecule has 22 heavy (non-hydrogen) atoms. The van der Waals surface area contributed by atoms with Gasteiger partial charge in [-0.3, -0.25) is 9.89 Å². The van der Waals surface area contributed by atoms with Crippen molar-refractivity contribution in [1.82, 2.24) is 10.2 Å². The van der Waals surface area contributed by atoms with E-state index < -0.39 is 0 Å². The van der Waals surface area contributed by atoms with E-state index in [1.807, 2.05) is 0 Å². The predicted molar refractivity (Wildman–Crippen MR) is 105 cm³/mol. The molecule has 0 spiro atoms. The Labute approximate surface area is 151 Å². The first-order valence-electron chi connectivity index (χ1n) is 8.07. The van der Waals surface area contributed by atoms with Crippen molar-refractivity contribution in [3.8, 4) is 0 Å². The van der Waals surface area contributed by atoms with Crippen LogP contribution in [0.1, 0.15) is 32.3 Å². The van der Waals surface area contributed by atoms with Crippen molar-refractivity contribution in [2.24, 2.45) is 10.7 Å². The summed E-state index contributed by atoms with van der Waals surface area (Å²) < 4.78 is 0. The molecule has 3 N–H and O–H groups in total. The van der Waals surface area contributed by atoms with Crippen LogP contribution in [0.4, 0.5) is 0 Å². The first kappa shape index (κ1) is 19.2. The van der Waals surface area contributed by atoms with E-state index in [1.165, 1.54) is 18.4 Å². The maximum absolute atomic E-state index is 5.96. The molecule has 1 aliphatic carbocycles.